The van der Waals surface area contributed by atoms with Gasteiger partial charge in [-0.1, -0.05) is 47.0 Å². The van der Waals surface area contributed by atoms with Gasteiger partial charge in [-0.05, 0) is 31.1 Å². The maximum Gasteiger partial charge on any atom is 0.246 e. The molecule has 4 atom stereocenters. The van der Waals surface area contributed by atoms with Crippen molar-refractivity contribution in [1.82, 2.24) is 10.2 Å². The Morgan fingerprint density at radius 1 is 1.19 bits per heavy atom. The van der Waals surface area contributed by atoms with E-state index in [4.69, 9.17) is 0 Å². The fourth-order valence-corrected chi connectivity index (χ4v) is 3.40. The smallest absolute Gasteiger partial charge is 0.246 e. The van der Waals surface area contributed by atoms with Crippen LogP contribution in [0.1, 0.15) is 66.2 Å². The summed E-state index contributed by atoms with van der Waals surface area (Å²) in [5.41, 5.74) is 0. The molecule has 1 heterocycles. The lowest BCUT2D eigenvalue weighted by Gasteiger charge is -2.44. The van der Waals surface area contributed by atoms with Crippen LogP contribution in [0.2, 0.25) is 0 Å². The van der Waals surface area contributed by atoms with Gasteiger partial charge in [0.25, 0.3) is 0 Å². The van der Waals surface area contributed by atoms with Gasteiger partial charge in [-0.15, -0.1) is 0 Å². The van der Waals surface area contributed by atoms with E-state index in [1.165, 1.54) is 12.8 Å². The summed E-state index contributed by atoms with van der Waals surface area (Å²) in [7, 11) is 0. The molecule has 2 aliphatic rings. The van der Waals surface area contributed by atoms with Crippen molar-refractivity contribution in [2.75, 3.05) is 0 Å². The summed E-state index contributed by atoms with van der Waals surface area (Å²) in [6.07, 6.45) is 6.19. The summed E-state index contributed by atoms with van der Waals surface area (Å²) in [6, 6.07) is -0.382. The number of rotatable bonds is 7. The van der Waals surface area contributed by atoms with E-state index in [1.54, 1.807) is 0 Å². The van der Waals surface area contributed by atoms with Crippen LogP contribution in [0.15, 0.2) is 0 Å². The Kier molecular flexibility index (Phi) is 5.28. The Bertz CT molecular complexity index is 392. The predicted molar refractivity (Wildman–Crippen MR) is 83.7 cm³/mol. The monoisotopic (exact) mass is 294 g/mol. The summed E-state index contributed by atoms with van der Waals surface area (Å²) in [5.74, 6) is 1.15. The molecule has 1 aliphatic carbocycles. The van der Waals surface area contributed by atoms with Crippen LogP contribution in [-0.2, 0) is 9.59 Å². The maximum absolute atomic E-state index is 13.0. The molecule has 120 valence electrons. The van der Waals surface area contributed by atoms with Crippen molar-refractivity contribution < 1.29 is 9.59 Å². The Balaban J connectivity index is 2.22. The van der Waals surface area contributed by atoms with Crippen LogP contribution >= 0.6 is 0 Å². The van der Waals surface area contributed by atoms with Gasteiger partial charge in [-0.2, -0.15) is 0 Å². The summed E-state index contributed by atoms with van der Waals surface area (Å²) in [4.78, 5) is 27.3. The van der Waals surface area contributed by atoms with Crippen LogP contribution in [-0.4, -0.2) is 34.8 Å². The zero-order chi connectivity index (χ0) is 15.6. The number of amides is 2. The first kappa shape index (κ1) is 16.3. The van der Waals surface area contributed by atoms with E-state index >= 15 is 0 Å². The average Bonchev–Trinajstić information content (AvgIpc) is 3.29. The van der Waals surface area contributed by atoms with Crippen LogP contribution in [0.5, 0.6) is 0 Å². The zero-order valence-corrected chi connectivity index (χ0v) is 13.9. The molecule has 2 rings (SSSR count). The van der Waals surface area contributed by atoms with Crippen LogP contribution in [0.4, 0.5) is 0 Å². The molecule has 0 spiro atoms. The fraction of sp³-hybridized carbons (Fsp3) is 0.882. The van der Waals surface area contributed by atoms with Gasteiger partial charge in [-0.3, -0.25) is 9.59 Å². The van der Waals surface area contributed by atoms with Crippen molar-refractivity contribution in [1.29, 1.82) is 0 Å². The molecule has 2 amide bonds. The van der Waals surface area contributed by atoms with Crippen LogP contribution < -0.4 is 5.32 Å². The summed E-state index contributed by atoms with van der Waals surface area (Å²) >= 11 is 0. The van der Waals surface area contributed by atoms with E-state index < -0.39 is 0 Å². The summed E-state index contributed by atoms with van der Waals surface area (Å²) in [5, 5.41) is 2.97. The van der Waals surface area contributed by atoms with E-state index in [0.29, 0.717) is 6.42 Å². The lowest BCUT2D eigenvalue weighted by Crippen LogP contribution is -2.67. The highest BCUT2D eigenvalue weighted by atomic mass is 16.2. The van der Waals surface area contributed by atoms with Gasteiger partial charge in [0.05, 0.1) is 0 Å². The number of piperazine rings is 1. The highest BCUT2D eigenvalue weighted by molar-refractivity contribution is 5.97. The van der Waals surface area contributed by atoms with E-state index in [-0.39, 0.29) is 35.9 Å². The quantitative estimate of drug-likeness (QED) is 0.785. The average molecular weight is 294 g/mol. The van der Waals surface area contributed by atoms with Crippen molar-refractivity contribution in [2.45, 2.75) is 84.3 Å². The van der Waals surface area contributed by atoms with Gasteiger partial charge >= 0.3 is 0 Å². The third-order valence-electron chi connectivity index (χ3n) is 5.22. The molecule has 1 saturated heterocycles. The lowest BCUT2D eigenvalue weighted by molar-refractivity contribution is -0.154. The highest BCUT2D eigenvalue weighted by Crippen LogP contribution is 2.37. The molecular formula is C17H30N2O2. The summed E-state index contributed by atoms with van der Waals surface area (Å²) < 4.78 is 0. The molecule has 0 aromatic carbocycles. The molecule has 1 aliphatic heterocycles. The lowest BCUT2D eigenvalue weighted by atomic mass is 9.91. The zero-order valence-electron chi connectivity index (χ0n) is 13.9. The number of hydrogen-bond donors (Lipinski definition) is 1. The number of carbonyl (C=O) groups is 2. The van der Waals surface area contributed by atoms with E-state index in [9.17, 15) is 9.59 Å². The van der Waals surface area contributed by atoms with Gasteiger partial charge in [0.1, 0.15) is 12.1 Å². The molecule has 21 heavy (non-hydrogen) atoms. The van der Waals surface area contributed by atoms with Gasteiger partial charge < -0.3 is 10.2 Å². The molecule has 0 aromatic rings. The number of nitrogens with zero attached hydrogens (tertiary/aromatic N) is 1. The molecular weight excluding hydrogens is 264 g/mol. The maximum atomic E-state index is 13.0. The molecule has 0 radical (unpaired) electrons. The van der Waals surface area contributed by atoms with Crippen molar-refractivity contribution in [3.63, 3.8) is 0 Å². The Labute approximate surface area is 128 Å². The van der Waals surface area contributed by atoms with Crippen molar-refractivity contribution in [3.05, 3.63) is 0 Å². The molecule has 1 saturated carbocycles. The first-order chi connectivity index (χ1) is 10.0. The SMILES string of the molecule is CCC(C)C1NC(=O)C(CC)N(C(CC)CC2CC2)C1=O. The molecule has 2 fully saturated rings. The van der Waals surface area contributed by atoms with Gasteiger partial charge in [0.15, 0.2) is 0 Å². The van der Waals surface area contributed by atoms with Gasteiger partial charge in [0, 0.05) is 6.04 Å². The van der Waals surface area contributed by atoms with E-state index in [0.717, 1.165) is 25.2 Å². The minimum atomic E-state index is -0.335. The minimum Gasteiger partial charge on any atom is -0.342 e. The third-order valence-corrected chi connectivity index (χ3v) is 5.22. The largest absolute Gasteiger partial charge is 0.342 e. The van der Waals surface area contributed by atoms with E-state index in [2.05, 4.69) is 26.1 Å². The second-order valence-corrected chi connectivity index (χ2v) is 6.78. The Morgan fingerprint density at radius 3 is 2.33 bits per heavy atom. The molecule has 1 N–H and O–H groups in total. The number of nitrogens with one attached hydrogen (secondary N) is 1. The van der Waals surface area contributed by atoms with Crippen LogP contribution in [0, 0.1) is 11.8 Å². The minimum absolute atomic E-state index is 0.0386. The first-order valence-corrected chi connectivity index (χ1v) is 8.65. The van der Waals surface area contributed by atoms with E-state index in [1.807, 2.05) is 11.8 Å². The highest BCUT2D eigenvalue weighted by Gasteiger charge is 2.44. The third kappa shape index (κ3) is 3.41. The molecule has 0 bridgehead atoms. The Morgan fingerprint density at radius 2 is 1.86 bits per heavy atom. The second-order valence-electron chi connectivity index (χ2n) is 6.78. The topological polar surface area (TPSA) is 49.4 Å². The molecule has 4 nitrogen and oxygen atoms in total. The van der Waals surface area contributed by atoms with Crippen LogP contribution in [0.25, 0.3) is 0 Å². The van der Waals surface area contributed by atoms with Crippen LogP contribution in [0.3, 0.4) is 0 Å². The standard InChI is InChI=1S/C17H30N2O2/c1-5-11(4)15-17(21)19(14(7-3)16(20)18-15)13(6-2)10-12-8-9-12/h11-15H,5-10H2,1-4H3,(H,18,20). The fourth-order valence-electron chi connectivity index (χ4n) is 3.40. The molecule has 4 unspecified atom stereocenters. The van der Waals surface area contributed by atoms with Crippen molar-refractivity contribution >= 4 is 11.8 Å². The van der Waals surface area contributed by atoms with Gasteiger partial charge in [-0.25, -0.2) is 0 Å². The Hall–Kier alpha value is -1.06. The van der Waals surface area contributed by atoms with Gasteiger partial charge in [0.2, 0.25) is 11.8 Å². The normalized spacial score (nSPS) is 29.2. The first-order valence-electron chi connectivity index (χ1n) is 8.65. The predicted octanol–water partition coefficient (Wildman–Crippen LogP) is 2.72. The molecule has 0 aromatic heterocycles. The van der Waals surface area contributed by atoms with Crippen molar-refractivity contribution in [2.24, 2.45) is 11.8 Å². The number of carbonyl (C=O) groups excluding carboxylic acids is 2. The second kappa shape index (κ2) is 6.80. The summed E-state index contributed by atoms with van der Waals surface area (Å²) in [6.45, 7) is 8.26. The molecule has 4 heteroatoms. The number of hydrogen-bond acceptors (Lipinski definition) is 2. The van der Waals surface area contributed by atoms with Crippen molar-refractivity contribution in [3.8, 4) is 0 Å².